The van der Waals surface area contributed by atoms with Crippen LogP contribution in [0.5, 0.6) is 0 Å². The molecular formula is C17H26N2. The predicted octanol–water partition coefficient (Wildman–Crippen LogP) is 3.19. The Hall–Kier alpha value is -0.860. The molecule has 2 unspecified atom stereocenters. The molecule has 0 saturated carbocycles. The molecule has 2 nitrogen and oxygen atoms in total. The van der Waals surface area contributed by atoms with Gasteiger partial charge in [0.15, 0.2) is 0 Å². The summed E-state index contributed by atoms with van der Waals surface area (Å²) in [4.78, 5) is 2.70. The van der Waals surface area contributed by atoms with Crippen LogP contribution in [0.2, 0.25) is 0 Å². The van der Waals surface area contributed by atoms with Crippen molar-refractivity contribution in [2.24, 2.45) is 0 Å². The van der Waals surface area contributed by atoms with Gasteiger partial charge in [0, 0.05) is 6.04 Å². The zero-order valence-electron chi connectivity index (χ0n) is 12.3. The normalized spacial score (nSPS) is 25.9. The van der Waals surface area contributed by atoms with Crippen molar-refractivity contribution in [2.75, 3.05) is 19.6 Å². The van der Waals surface area contributed by atoms with Crippen molar-refractivity contribution in [3.05, 3.63) is 34.9 Å². The van der Waals surface area contributed by atoms with Gasteiger partial charge in [0.1, 0.15) is 0 Å². The van der Waals surface area contributed by atoms with E-state index in [1.807, 2.05) is 0 Å². The summed E-state index contributed by atoms with van der Waals surface area (Å²) < 4.78 is 0. The van der Waals surface area contributed by atoms with Crippen LogP contribution < -0.4 is 5.32 Å². The van der Waals surface area contributed by atoms with E-state index in [0.717, 1.165) is 0 Å². The monoisotopic (exact) mass is 258 g/mol. The first kappa shape index (κ1) is 13.1. The van der Waals surface area contributed by atoms with E-state index in [9.17, 15) is 0 Å². The molecule has 2 heterocycles. The molecule has 2 atom stereocenters. The Morgan fingerprint density at radius 1 is 1.11 bits per heavy atom. The maximum atomic E-state index is 3.72. The molecule has 0 aliphatic carbocycles. The smallest absolute Gasteiger partial charge is 0.0501 e. The minimum Gasteiger partial charge on any atom is -0.312 e. The van der Waals surface area contributed by atoms with Crippen LogP contribution in [0.1, 0.15) is 48.4 Å². The summed E-state index contributed by atoms with van der Waals surface area (Å²) in [6, 6.07) is 8.30. The van der Waals surface area contributed by atoms with Crippen LogP contribution in [0.15, 0.2) is 18.2 Å². The molecular weight excluding hydrogens is 232 g/mol. The van der Waals surface area contributed by atoms with Crippen LogP contribution >= 0.6 is 0 Å². The Kier molecular flexibility index (Phi) is 3.90. The summed E-state index contributed by atoms with van der Waals surface area (Å²) in [6.45, 7) is 8.19. The Balaban J connectivity index is 1.90. The Labute approximate surface area is 117 Å². The third-order valence-corrected chi connectivity index (χ3v) is 4.89. The fourth-order valence-electron chi connectivity index (χ4n) is 3.65. The minimum atomic E-state index is 0.587. The molecule has 0 spiro atoms. The first-order valence-electron chi connectivity index (χ1n) is 7.80. The molecule has 2 aliphatic rings. The molecule has 104 valence electrons. The molecule has 19 heavy (non-hydrogen) atoms. The van der Waals surface area contributed by atoms with Crippen LogP contribution in [0, 0.1) is 13.8 Å². The summed E-state index contributed by atoms with van der Waals surface area (Å²) in [5.74, 6) is 0. The van der Waals surface area contributed by atoms with Crippen molar-refractivity contribution >= 4 is 0 Å². The summed E-state index contributed by atoms with van der Waals surface area (Å²) in [6.07, 6.45) is 5.40. The number of rotatable bonds is 3. The third kappa shape index (κ3) is 2.70. The molecule has 2 heteroatoms. The van der Waals surface area contributed by atoms with Gasteiger partial charge in [-0.25, -0.2) is 0 Å². The Morgan fingerprint density at radius 2 is 1.89 bits per heavy atom. The quantitative estimate of drug-likeness (QED) is 0.895. The molecule has 2 fully saturated rings. The van der Waals surface area contributed by atoms with E-state index in [1.54, 1.807) is 0 Å². The van der Waals surface area contributed by atoms with E-state index in [-0.39, 0.29) is 0 Å². The van der Waals surface area contributed by atoms with Gasteiger partial charge in [-0.1, -0.05) is 18.2 Å². The Morgan fingerprint density at radius 3 is 2.53 bits per heavy atom. The highest BCUT2D eigenvalue weighted by atomic mass is 15.2. The van der Waals surface area contributed by atoms with Gasteiger partial charge in [-0.05, 0) is 75.9 Å². The number of benzene rings is 1. The van der Waals surface area contributed by atoms with Crippen LogP contribution in [-0.4, -0.2) is 30.6 Å². The maximum absolute atomic E-state index is 3.72. The van der Waals surface area contributed by atoms with Crippen molar-refractivity contribution in [1.29, 1.82) is 0 Å². The standard InChI is InChI=1S/C17H26N2/c1-13-7-8-15(12-14(13)2)17(16-6-5-9-18-16)19-10-3-4-11-19/h7-8,12,16-18H,3-6,9-11H2,1-2H3. The SMILES string of the molecule is Cc1ccc(C(C2CCCN2)N2CCCC2)cc1C. The second-order valence-electron chi connectivity index (χ2n) is 6.23. The molecule has 1 aromatic rings. The van der Waals surface area contributed by atoms with Crippen LogP contribution in [0.3, 0.4) is 0 Å². The summed E-state index contributed by atoms with van der Waals surface area (Å²) >= 11 is 0. The summed E-state index contributed by atoms with van der Waals surface area (Å²) in [7, 11) is 0. The molecule has 2 aliphatic heterocycles. The fraction of sp³-hybridized carbons (Fsp3) is 0.647. The van der Waals surface area contributed by atoms with Gasteiger partial charge in [0.25, 0.3) is 0 Å². The van der Waals surface area contributed by atoms with Gasteiger partial charge >= 0.3 is 0 Å². The molecule has 0 bridgehead atoms. The molecule has 1 N–H and O–H groups in total. The molecule has 1 aromatic carbocycles. The first-order chi connectivity index (χ1) is 9.25. The summed E-state index contributed by atoms with van der Waals surface area (Å²) in [5.41, 5.74) is 4.35. The average molecular weight is 258 g/mol. The van der Waals surface area contributed by atoms with Gasteiger partial charge < -0.3 is 5.32 Å². The van der Waals surface area contributed by atoms with Gasteiger partial charge in [-0.3, -0.25) is 4.90 Å². The van der Waals surface area contributed by atoms with E-state index in [2.05, 4.69) is 42.3 Å². The summed E-state index contributed by atoms with van der Waals surface area (Å²) in [5, 5.41) is 3.72. The van der Waals surface area contributed by atoms with Gasteiger partial charge in [-0.2, -0.15) is 0 Å². The van der Waals surface area contributed by atoms with Crippen LogP contribution in [-0.2, 0) is 0 Å². The second-order valence-corrected chi connectivity index (χ2v) is 6.23. The van der Waals surface area contributed by atoms with E-state index in [1.165, 1.54) is 62.0 Å². The molecule has 2 saturated heterocycles. The maximum Gasteiger partial charge on any atom is 0.0501 e. The lowest BCUT2D eigenvalue weighted by atomic mass is 9.94. The fourth-order valence-corrected chi connectivity index (χ4v) is 3.65. The molecule has 0 radical (unpaired) electrons. The van der Waals surface area contributed by atoms with Gasteiger partial charge in [0.05, 0.1) is 6.04 Å². The lowest BCUT2D eigenvalue weighted by molar-refractivity contribution is 0.202. The minimum absolute atomic E-state index is 0.587. The average Bonchev–Trinajstić information content (AvgIpc) is 3.07. The first-order valence-corrected chi connectivity index (χ1v) is 7.80. The zero-order chi connectivity index (χ0) is 13.2. The van der Waals surface area contributed by atoms with Gasteiger partial charge in [-0.15, -0.1) is 0 Å². The van der Waals surface area contributed by atoms with E-state index in [4.69, 9.17) is 0 Å². The largest absolute Gasteiger partial charge is 0.312 e. The molecule has 0 aromatic heterocycles. The van der Waals surface area contributed by atoms with Crippen molar-refractivity contribution in [3.8, 4) is 0 Å². The van der Waals surface area contributed by atoms with Crippen molar-refractivity contribution in [1.82, 2.24) is 10.2 Å². The number of nitrogens with zero attached hydrogens (tertiary/aromatic N) is 1. The number of aryl methyl sites for hydroxylation is 2. The van der Waals surface area contributed by atoms with Crippen LogP contribution in [0.25, 0.3) is 0 Å². The number of hydrogen-bond donors (Lipinski definition) is 1. The van der Waals surface area contributed by atoms with Gasteiger partial charge in [0.2, 0.25) is 0 Å². The predicted molar refractivity (Wildman–Crippen MR) is 80.5 cm³/mol. The third-order valence-electron chi connectivity index (χ3n) is 4.89. The second kappa shape index (κ2) is 5.64. The lowest BCUT2D eigenvalue weighted by Crippen LogP contribution is -2.39. The van der Waals surface area contributed by atoms with E-state index in [0.29, 0.717) is 12.1 Å². The van der Waals surface area contributed by atoms with Crippen LogP contribution in [0.4, 0.5) is 0 Å². The lowest BCUT2D eigenvalue weighted by Gasteiger charge is -2.33. The number of nitrogens with one attached hydrogen (secondary N) is 1. The van der Waals surface area contributed by atoms with E-state index < -0.39 is 0 Å². The zero-order valence-corrected chi connectivity index (χ0v) is 12.3. The highest BCUT2D eigenvalue weighted by Gasteiger charge is 2.32. The highest BCUT2D eigenvalue weighted by Crippen LogP contribution is 2.32. The van der Waals surface area contributed by atoms with E-state index >= 15 is 0 Å². The number of hydrogen-bond acceptors (Lipinski definition) is 2. The number of likely N-dealkylation sites (tertiary alicyclic amines) is 1. The Bertz CT molecular complexity index is 413. The topological polar surface area (TPSA) is 15.3 Å². The van der Waals surface area contributed by atoms with Crippen molar-refractivity contribution in [2.45, 2.75) is 51.6 Å². The molecule has 0 amide bonds. The highest BCUT2D eigenvalue weighted by molar-refractivity contribution is 5.32. The van der Waals surface area contributed by atoms with Crippen molar-refractivity contribution in [3.63, 3.8) is 0 Å². The van der Waals surface area contributed by atoms with Crippen molar-refractivity contribution < 1.29 is 0 Å². The molecule has 3 rings (SSSR count).